The second-order valence-corrected chi connectivity index (χ2v) is 3.52. The molecule has 0 radical (unpaired) electrons. The Hall–Kier alpha value is -2.02. The molecule has 1 amide bonds. The van der Waals surface area contributed by atoms with Crippen LogP contribution >= 0.6 is 0 Å². The van der Waals surface area contributed by atoms with E-state index in [0.29, 0.717) is 30.5 Å². The second kappa shape index (κ2) is 5.76. The molecule has 0 saturated heterocycles. The van der Waals surface area contributed by atoms with Crippen LogP contribution in [0.25, 0.3) is 0 Å². The maximum absolute atomic E-state index is 11.6. The maximum atomic E-state index is 11.6. The van der Waals surface area contributed by atoms with Gasteiger partial charge in [0, 0.05) is 18.5 Å². The normalized spacial score (nSPS) is 9.50. The van der Waals surface area contributed by atoms with E-state index in [1.807, 2.05) is 6.07 Å². The Kier molecular flexibility index (Phi) is 4.34. The largest absolute Gasteiger partial charge is 0.508 e. The molecular weight excluding hydrogens is 204 g/mol. The van der Waals surface area contributed by atoms with Gasteiger partial charge in [-0.3, -0.25) is 4.79 Å². The molecule has 0 aliphatic heterocycles. The van der Waals surface area contributed by atoms with E-state index in [0.717, 1.165) is 0 Å². The van der Waals surface area contributed by atoms with Crippen molar-refractivity contribution >= 4 is 5.91 Å². The number of hydrogen-bond acceptors (Lipinski definition) is 3. The Balaban J connectivity index is 2.53. The fourth-order valence-electron chi connectivity index (χ4n) is 1.27. The van der Waals surface area contributed by atoms with E-state index in [2.05, 4.69) is 5.32 Å². The van der Waals surface area contributed by atoms with Crippen molar-refractivity contribution < 1.29 is 9.90 Å². The van der Waals surface area contributed by atoms with Crippen LogP contribution in [-0.4, -0.2) is 17.6 Å². The number of carbonyl (C=O) groups excluding carboxylic acids is 1. The van der Waals surface area contributed by atoms with Gasteiger partial charge in [-0.2, -0.15) is 5.26 Å². The highest BCUT2D eigenvalue weighted by atomic mass is 16.3. The van der Waals surface area contributed by atoms with Gasteiger partial charge in [0.15, 0.2) is 0 Å². The van der Waals surface area contributed by atoms with Crippen LogP contribution in [0.1, 0.15) is 28.8 Å². The predicted molar refractivity (Wildman–Crippen MR) is 60.0 cm³/mol. The van der Waals surface area contributed by atoms with Crippen LogP contribution in [0.5, 0.6) is 5.75 Å². The lowest BCUT2D eigenvalue weighted by Crippen LogP contribution is -2.24. The van der Waals surface area contributed by atoms with E-state index in [4.69, 9.17) is 5.26 Å². The molecule has 1 aromatic rings. The average Bonchev–Trinajstić information content (AvgIpc) is 2.28. The summed E-state index contributed by atoms with van der Waals surface area (Å²) in [6, 6.07) is 6.72. The highest BCUT2D eigenvalue weighted by Crippen LogP contribution is 2.16. The topological polar surface area (TPSA) is 73.1 Å². The summed E-state index contributed by atoms with van der Waals surface area (Å²) < 4.78 is 0. The summed E-state index contributed by atoms with van der Waals surface area (Å²) in [7, 11) is 0. The highest BCUT2D eigenvalue weighted by Gasteiger charge is 2.06. The molecule has 84 valence electrons. The first-order valence-electron chi connectivity index (χ1n) is 5.10. The van der Waals surface area contributed by atoms with Crippen molar-refractivity contribution in [2.45, 2.75) is 19.8 Å². The minimum absolute atomic E-state index is 0.180. The number of phenolic OH excluding ortho intramolecular Hbond substituents is 1. The summed E-state index contributed by atoms with van der Waals surface area (Å²) >= 11 is 0. The van der Waals surface area contributed by atoms with Gasteiger partial charge in [-0.1, -0.05) is 0 Å². The summed E-state index contributed by atoms with van der Waals surface area (Å²) in [5.74, 6) is 0.00192. The molecule has 1 rings (SSSR count). The van der Waals surface area contributed by atoms with Crippen molar-refractivity contribution in [1.82, 2.24) is 5.32 Å². The number of benzene rings is 1. The third-order valence-corrected chi connectivity index (χ3v) is 2.21. The van der Waals surface area contributed by atoms with E-state index < -0.39 is 0 Å². The lowest BCUT2D eigenvalue weighted by molar-refractivity contribution is 0.0953. The molecule has 4 nitrogen and oxygen atoms in total. The molecule has 0 aromatic heterocycles. The van der Waals surface area contributed by atoms with E-state index in [1.54, 1.807) is 19.1 Å². The summed E-state index contributed by atoms with van der Waals surface area (Å²) in [5, 5.41) is 20.3. The van der Waals surface area contributed by atoms with Gasteiger partial charge >= 0.3 is 0 Å². The Bertz CT molecular complexity index is 422. The summed E-state index contributed by atoms with van der Waals surface area (Å²) in [4.78, 5) is 11.6. The van der Waals surface area contributed by atoms with Gasteiger partial charge < -0.3 is 10.4 Å². The lowest BCUT2D eigenvalue weighted by Gasteiger charge is -2.05. The lowest BCUT2D eigenvalue weighted by atomic mass is 10.1. The minimum Gasteiger partial charge on any atom is -0.508 e. The SMILES string of the molecule is Cc1cc(C(=O)NCCCC#N)ccc1O. The summed E-state index contributed by atoms with van der Waals surface area (Å²) in [6.07, 6.45) is 1.09. The molecule has 0 bridgehead atoms. The third-order valence-electron chi connectivity index (χ3n) is 2.21. The minimum atomic E-state index is -0.180. The summed E-state index contributed by atoms with van der Waals surface area (Å²) in [5.41, 5.74) is 1.19. The molecule has 0 aliphatic carbocycles. The Labute approximate surface area is 94.5 Å². The average molecular weight is 218 g/mol. The second-order valence-electron chi connectivity index (χ2n) is 3.52. The van der Waals surface area contributed by atoms with Crippen LogP contribution in [0.15, 0.2) is 18.2 Å². The van der Waals surface area contributed by atoms with Gasteiger partial charge in [0.2, 0.25) is 0 Å². The zero-order valence-electron chi connectivity index (χ0n) is 9.16. The third kappa shape index (κ3) is 3.28. The Morgan fingerprint density at radius 2 is 2.31 bits per heavy atom. The number of amides is 1. The molecular formula is C12H14N2O2. The van der Waals surface area contributed by atoms with Crippen LogP contribution in [-0.2, 0) is 0 Å². The first-order chi connectivity index (χ1) is 7.65. The fourth-order valence-corrected chi connectivity index (χ4v) is 1.27. The van der Waals surface area contributed by atoms with Crippen molar-refractivity contribution in [3.8, 4) is 11.8 Å². The number of aromatic hydroxyl groups is 1. The molecule has 16 heavy (non-hydrogen) atoms. The van der Waals surface area contributed by atoms with Crippen molar-refractivity contribution in [3.63, 3.8) is 0 Å². The number of nitrogens with zero attached hydrogens (tertiary/aromatic N) is 1. The number of hydrogen-bond donors (Lipinski definition) is 2. The van der Waals surface area contributed by atoms with Crippen molar-refractivity contribution in [2.75, 3.05) is 6.54 Å². The zero-order valence-corrected chi connectivity index (χ0v) is 9.16. The fraction of sp³-hybridized carbons (Fsp3) is 0.333. The number of nitriles is 1. The number of unbranched alkanes of at least 4 members (excludes halogenated alkanes) is 1. The number of carbonyl (C=O) groups is 1. The van der Waals surface area contributed by atoms with Gasteiger partial charge in [0.1, 0.15) is 5.75 Å². The molecule has 1 aromatic carbocycles. The quantitative estimate of drug-likeness (QED) is 0.756. The summed E-state index contributed by atoms with van der Waals surface area (Å²) in [6.45, 7) is 2.23. The maximum Gasteiger partial charge on any atom is 0.251 e. The van der Waals surface area contributed by atoms with Gasteiger partial charge in [-0.25, -0.2) is 0 Å². The van der Waals surface area contributed by atoms with E-state index in [1.165, 1.54) is 6.07 Å². The number of aryl methyl sites for hydroxylation is 1. The number of nitrogens with one attached hydrogen (secondary N) is 1. The van der Waals surface area contributed by atoms with Crippen LogP contribution in [0.2, 0.25) is 0 Å². The van der Waals surface area contributed by atoms with E-state index in [-0.39, 0.29) is 11.7 Å². The Morgan fingerprint density at radius 1 is 1.56 bits per heavy atom. The first kappa shape index (κ1) is 12.1. The molecule has 0 aliphatic rings. The molecule has 0 spiro atoms. The van der Waals surface area contributed by atoms with Crippen LogP contribution in [0.4, 0.5) is 0 Å². The highest BCUT2D eigenvalue weighted by molar-refractivity contribution is 5.94. The molecule has 4 heteroatoms. The van der Waals surface area contributed by atoms with Crippen LogP contribution < -0.4 is 5.32 Å². The van der Waals surface area contributed by atoms with Crippen LogP contribution in [0, 0.1) is 18.3 Å². The van der Waals surface area contributed by atoms with Gasteiger partial charge in [-0.15, -0.1) is 0 Å². The van der Waals surface area contributed by atoms with Gasteiger partial charge in [-0.05, 0) is 37.1 Å². The zero-order chi connectivity index (χ0) is 12.0. The number of rotatable bonds is 4. The predicted octanol–water partition coefficient (Wildman–Crippen LogP) is 1.73. The monoisotopic (exact) mass is 218 g/mol. The standard InChI is InChI=1S/C12H14N2O2/c1-9-8-10(4-5-11(9)15)12(16)14-7-3-2-6-13/h4-5,8,15H,2-3,7H2,1H3,(H,14,16). The molecule has 0 fully saturated rings. The molecule has 0 saturated carbocycles. The van der Waals surface area contributed by atoms with E-state index >= 15 is 0 Å². The van der Waals surface area contributed by atoms with Crippen molar-refractivity contribution in [2.24, 2.45) is 0 Å². The van der Waals surface area contributed by atoms with E-state index in [9.17, 15) is 9.90 Å². The molecule has 0 heterocycles. The number of phenols is 1. The van der Waals surface area contributed by atoms with Gasteiger partial charge in [0.05, 0.1) is 6.07 Å². The Morgan fingerprint density at radius 3 is 2.94 bits per heavy atom. The molecule has 0 atom stereocenters. The van der Waals surface area contributed by atoms with Crippen molar-refractivity contribution in [1.29, 1.82) is 5.26 Å². The smallest absolute Gasteiger partial charge is 0.251 e. The molecule has 0 unspecified atom stereocenters. The van der Waals surface area contributed by atoms with Crippen molar-refractivity contribution in [3.05, 3.63) is 29.3 Å². The van der Waals surface area contributed by atoms with Crippen LogP contribution in [0.3, 0.4) is 0 Å². The van der Waals surface area contributed by atoms with Gasteiger partial charge in [0.25, 0.3) is 5.91 Å². The first-order valence-corrected chi connectivity index (χ1v) is 5.10. The molecule has 2 N–H and O–H groups in total.